The molecule has 0 spiro atoms. The van der Waals surface area contributed by atoms with Crippen molar-refractivity contribution in [3.05, 3.63) is 29.8 Å². The second-order valence-corrected chi connectivity index (χ2v) is 4.61. The molecule has 1 N–H and O–H groups in total. The van der Waals surface area contributed by atoms with Crippen LogP contribution in [0, 0.1) is 23.0 Å². The Morgan fingerprint density at radius 2 is 2.05 bits per heavy atom. The van der Waals surface area contributed by atoms with E-state index in [4.69, 9.17) is 4.74 Å². The van der Waals surface area contributed by atoms with Crippen LogP contribution in [0.15, 0.2) is 18.2 Å². The lowest BCUT2D eigenvalue weighted by atomic mass is 9.92. The molecule has 110 valence electrons. The van der Waals surface area contributed by atoms with E-state index in [0.29, 0.717) is 31.6 Å². The maximum Gasteiger partial charge on any atom is 0.162 e. The summed E-state index contributed by atoms with van der Waals surface area (Å²) in [6.07, 6.45) is 2.02. The van der Waals surface area contributed by atoms with Crippen molar-refractivity contribution in [2.24, 2.45) is 0 Å². The molecular formula is C15H20F2N2O. The molecule has 0 bridgehead atoms. The van der Waals surface area contributed by atoms with Gasteiger partial charge >= 0.3 is 0 Å². The standard InChI is InChI=1S/C15H20F2N2O/c1-3-15(11-18,19-4-2)8-5-9-20-12-6-7-13(16)14(17)10-12/h6-7,10,19H,3-5,8-9H2,1-2H3. The van der Waals surface area contributed by atoms with Gasteiger partial charge in [0.1, 0.15) is 11.3 Å². The van der Waals surface area contributed by atoms with Crippen molar-refractivity contribution in [3.8, 4) is 11.8 Å². The Kier molecular flexibility index (Phi) is 6.40. The molecule has 1 aromatic rings. The van der Waals surface area contributed by atoms with Crippen LogP contribution in [0.4, 0.5) is 8.78 Å². The zero-order valence-corrected chi connectivity index (χ0v) is 11.9. The van der Waals surface area contributed by atoms with E-state index in [1.807, 2.05) is 13.8 Å². The van der Waals surface area contributed by atoms with Crippen LogP contribution in [0.5, 0.6) is 5.75 Å². The lowest BCUT2D eigenvalue weighted by Gasteiger charge is -2.25. The zero-order valence-electron chi connectivity index (χ0n) is 11.9. The van der Waals surface area contributed by atoms with E-state index < -0.39 is 17.2 Å². The first-order valence-corrected chi connectivity index (χ1v) is 6.81. The van der Waals surface area contributed by atoms with Gasteiger partial charge in [0.2, 0.25) is 0 Å². The predicted molar refractivity (Wildman–Crippen MR) is 73.4 cm³/mol. The van der Waals surface area contributed by atoms with Gasteiger partial charge in [-0.1, -0.05) is 13.8 Å². The van der Waals surface area contributed by atoms with E-state index in [-0.39, 0.29) is 0 Å². The van der Waals surface area contributed by atoms with Gasteiger partial charge < -0.3 is 4.74 Å². The second kappa shape index (κ2) is 7.81. The van der Waals surface area contributed by atoms with Crippen molar-refractivity contribution in [1.29, 1.82) is 5.26 Å². The number of nitrogens with zero attached hydrogens (tertiary/aromatic N) is 1. The van der Waals surface area contributed by atoms with Gasteiger partial charge in [0, 0.05) is 6.07 Å². The SMILES string of the molecule is CCNC(C#N)(CC)CCCOc1ccc(F)c(F)c1. The Labute approximate surface area is 118 Å². The monoisotopic (exact) mass is 282 g/mol. The molecule has 1 unspecified atom stereocenters. The summed E-state index contributed by atoms with van der Waals surface area (Å²) in [4.78, 5) is 0. The van der Waals surface area contributed by atoms with Gasteiger partial charge in [-0.2, -0.15) is 5.26 Å². The van der Waals surface area contributed by atoms with Gasteiger partial charge in [-0.25, -0.2) is 8.78 Å². The van der Waals surface area contributed by atoms with Crippen LogP contribution >= 0.6 is 0 Å². The van der Waals surface area contributed by atoms with Gasteiger partial charge in [0.05, 0.1) is 12.7 Å². The Morgan fingerprint density at radius 1 is 1.30 bits per heavy atom. The van der Waals surface area contributed by atoms with E-state index in [1.165, 1.54) is 6.07 Å². The minimum absolute atomic E-state index is 0.298. The van der Waals surface area contributed by atoms with Gasteiger partial charge in [0.15, 0.2) is 11.6 Å². The van der Waals surface area contributed by atoms with Crippen LogP contribution < -0.4 is 10.1 Å². The molecule has 0 saturated heterocycles. The maximum absolute atomic E-state index is 13.0. The van der Waals surface area contributed by atoms with Crippen LogP contribution in [-0.4, -0.2) is 18.7 Å². The first-order valence-electron chi connectivity index (χ1n) is 6.81. The van der Waals surface area contributed by atoms with Crippen molar-refractivity contribution in [1.82, 2.24) is 5.32 Å². The molecule has 1 atom stereocenters. The first kappa shape index (κ1) is 16.4. The fourth-order valence-corrected chi connectivity index (χ4v) is 2.03. The molecule has 0 amide bonds. The van der Waals surface area contributed by atoms with Crippen molar-refractivity contribution in [2.75, 3.05) is 13.2 Å². The third-order valence-electron chi connectivity index (χ3n) is 3.24. The molecule has 1 aromatic carbocycles. The summed E-state index contributed by atoms with van der Waals surface area (Å²) in [6.45, 7) is 5.01. The molecule has 0 aliphatic carbocycles. The highest BCUT2D eigenvalue weighted by molar-refractivity contribution is 5.23. The number of nitriles is 1. The van der Waals surface area contributed by atoms with Gasteiger partial charge in [-0.15, -0.1) is 0 Å². The highest BCUT2D eigenvalue weighted by Gasteiger charge is 2.25. The highest BCUT2D eigenvalue weighted by atomic mass is 19.2. The number of benzene rings is 1. The third-order valence-corrected chi connectivity index (χ3v) is 3.24. The Morgan fingerprint density at radius 3 is 2.60 bits per heavy atom. The summed E-state index contributed by atoms with van der Waals surface area (Å²) in [6, 6.07) is 5.76. The molecular weight excluding hydrogens is 262 g/mol. The number of hydrogen-bond acceptors (Lipinski definition) is 3. The quantitative estimate of drug-likeness (QED) is 0.743. The number of ether oxygens (including phenoxy) is 1. The van der Waals surface area contributed by atoms with Crippen molar-refractivity contribution >= 4 is 0 Å². The Hall–Kier alpha value is -1.67. The van der Waals surface area contributed by atoms with E-state index >= 15 is 0 Å². The predicted octanol–water partition coefficient (Wildman–Crippen LogP) is 3.41. The third kappa shape index (κ3) is 4.46. The van der Waals surface area contributed by atoms with Crippen LogP contribution in [-0.2, 0) is 0 Å². The summed E-state index contributed by atoms with van der Waals surface area (Å²) in [5.41, 5.74) is -0.536. The number of hydrogen-bond donors (Lipinski definition) is 1. The lowest BCUT2D eigenvalue weighted by molar-refractivity contribution is 0.276. The minimum atomic E-state index is -0.921. The second-order valence-electron chi connectivity index (χ2n) is 4.61. The fraction of sp³-hybridized carbons (Fsp3) is 0.533. The average Bonchev–Trinajstić information content (AvgIpc) is 2.46. The topological polar surface area (TPSA) is 45.0 Å². The summed E-state index contributed by atoms with van der Waals surface area (Å²) in [5, 5.41) is 12.4. The van der Waals surface area contributed by atoms with Gasteiger partial charge in [0.25, 0.3) is 0 Å². The van der Waals surface area contributed by atoms with Crippen molar-refractivity contribution < 1.29 is 13.5 Å². The maximum atomic E-state index is 13.0. The van der Waals surface area contributed by atoms with E-state index in [0.717, 1.165) is 18.7 Å². The van der Waals surface area contributed by atoms with Gasteiger partial charge in [-0.3, -0.25) is 5.32 Å². The largest absolute Gasteiger partial charge is 0.493 e. The molecule has 5 heteroatoms. The summed E-state index contributed by atoms with van der Waals surface area (Å²) >= 11 is 0. The molecule has 0 radical (unpaired) electrons. The van der Waals surface area contributed by atoms with Crippen LogP contribution in [0.1, 0.15) is 33.1 Å². The van der Waals surface area contributed by atoms with Crippen LogP contribution in [0.25, 0.3) is 0 Å². The van der Waals surface area contributed by atoms with Crippen LogP contribution in [0.3, 0.4) is 0 Å². The summed E-state index contributed by atoms with van der Waals surface area (Å²) in [5.74, 6) is -1.51. The molecule has 0 fully saturated rings. The number of nitrogens with one attached hydrogen (secondary N) is 1. The Bertz CT molecular complexity index is 473. The lowest BCUT2D eigenvalue weighted by Crippen LogP contribution is -2.43. The molecule has 0 saturated carbocycles. The normalized spacial score (nSPS) is 13.6. The molecule has 3 nitrogen and oxygen atoms in total. The number of halogens is 2. The summed E-state index contributed by atoms with van der Waals surface area (Å²) < 4.78 is 31.1. The Balaban J connectivity index is 2.44. The molecule has 0 aliphatic rings. The molecule has 0 aromatic heterocycles. The molecule has 1 rings (SSSR count). The van der Waals surface area contributed by atoms with Gasteiger partial charge in [-0.05, 0) is 37.9 Å². The van der Waals surface area contributed by atoms with E-state index in [1.54, 1.807) is 0 Å². The van der Waals surface area contributed by atoms with Crippen molar-refractivity contribution in [3.63, 3.8) is 0 Å². The van der Waals surface area contributed by atoms with E-state index in [9.17, 15) is 14.0 Å². The summed E-state index contributed by atoms with van der Waals surface area (Å²) in [7, 11) is 0. The molecule has 20 heavy (non-hydrogen) atoms. The average molecular weight is 282 g/mol. The first-order chi connectivity index (χ1) is 9.56. The molecule has 0 heterocycles. The molecule has 0 aliphatic heterocycles. The minimum Gasteiger partial charge on any atom is -0.493 e. The zero-order chi connectivity index (χ0) is 15.0. The van der Waals surface area contributed by atoms with E-state index in [2.05, 4.69) is 11.4 Å². The van der Waals surface area contributed by atoms with Crippen LogP contribution in [0.2, 0.25) is 0 Å². The smallest absolute Gasteiger partial charge is 0.162 e. The fourth-order valence-electron chi connectivity index (χ4n) is 2.03. The highest BCUT2D eigenvalue weighted by Crippen LogP contribution is 2.19. The number of rotatable bonds is 8. The van der Waals surface area contributed by atoms with Crippen molar-refractivity contribution in [2.45, 2.75) is 38.6 Å².